The van der Waals surface area contributed by atoms with Gasteiger partial charge in [-0.05, 0) is 25.2 Å². The Bertz CT molecular complexity index is 272. The number of likely N-dealkylation sites (N-methyl/N-ethyl adjacent to an activating group) is 1. The van der Waals surface area contributed by atoms with Gasteiger partial charge in [0.25, 0.3) is 6.43 Å². The van der Waals surface area contributed by atoms with Crippen molar-refractivity contribution in [3.63, 3.8) is 0 Å². The Balaban J connectivity index is 1.88. The van der Waals surface area contributed by atoms with Crippen molar-refractivity contribution in [3.05, 3.63) is 0 Å². The zero-order chi connectivity index (χ0) is 12.4. The van der Waals surface area contributed by atoms with Gasteiger partial charge in [-0.25, -0.2) is 8.78 Å². The van der Waals surface area contributed by atoms with E-state index < -0.39 is 13.0 Å². The summed E-state index contributed by atoms with van der Waals surface area (Å²) in [5.41, 5.74) is 0. The second-order valence-corrected chi connectivity index (χ2v) is 5.22. The smallest absolute Gasteiger partial charge is 0.255 e. The average Bonchev–Trinajstić information content (AvgIpc) is 2.70. The van der Waals surface area contributed by atoms with Crippen molar-refractivity contribution >= 4 is 5.91 Å². The van der Waals surface area contributed by atoms with Crippen molar-refractivity contribution in [2.75, 3.05) is 13.6 Å². The van der Waals surface area contributed by atoms with Crippen molar-refractivity contribution in [1.82, 2.24) is 10.2 Å². The largest absolute Gasteiger partial charge is 0.339 e. The maximum absolute atomic E-state index is 12.2. The van der Waals surface area contributed by atoms with Crippen LogP contribution in [0, 0.1) is 5.92 Å². The quantitative estimate of drug-likeness (QED) is 0.821. The summed E-state index contributed by atoms with van der Waals surface area (Å²) in [7, 11) is 1.46. The molecule has 0 spiro atoms. The third-order valence-corrected chi connectivity index (χ3v) is 3.95. The maximum Gasteiger partial charge on any atom is 0.255 e. The molecule has 98 valence electrons. The van der Waals surface area contributed by atoms with Crippen LogP contribution < -0.4 is 5.32 Å². The van der Waals surface area contributed by atoms with Gasteiger partial charge in [-0.1, -0.05) is 12.8 Å². The lowest BCUT2D eigenvalue weighted by Gasteiger charge is -2.24. The number of carbonyl (C=O) groups is 1. The lowest BCUT2D eigenvalue weighted by atomic mass is 9.85. The molecule has 1 aliphatic carbocycles. The van der Waals surface area contributed by atoms with Gasteiger partial charge in [-0.15, -0.1) is 0 Å². The van der Waals surface area contributed by atoms with Crippen LogP contribution in [0.1, 0.15) is 32.1 Å². The number of carbonyl (C=O) groups excluding carboxylic acids is 1. The van der Waals surface area contributed by atoms with E-state index >= 15 is 0 Å². The topological polar surface area (TPSA) is 32.3 Å². The summed E-state index contributed by atoms with van der Waals surface area (Å²) < 4.78 is 24.4. The number of halogens is 2. The first-order chi connectivity index (χ1) is 8.08. The fourth-order valence-corrected chi connectivity index (χ4v) is 3.07. The standard InChI is InChI=1S/C12H20F2N2O/c1-16(7-11(13)14)12(17)10-6-8-4-2-3-5-9(8)15-10/h8-11,15H,2-7H2,1H3. The molecule has 0 aromatic heterocycles. The fraction of sp³-hybridized carbons (Fsp3) is 0.917. The molecule has 1 saturated carbocycles. The maximum atomic E-state index is 12.2. The first kappa shape index (κ1) is 12.7. The zero-order valence-corrected chi connectivity index (χ0v) is 10.2. The molecule has 0 radical (unpaired) electrons. The van der Waals surface area contributed by atoms with Crippen LogP contribution >= 0.6 is 0 Å². The highest BCUT2D eigenvalue weighted by Gasteiger charge is 2.39. The van der Waals surface area contributed by atoms with Crippen LogP contribution in [0.2, 0.25) is 0 Å². The molecule has 1 aliphatic heterocycles. The van der Waals surface area contributed by atoms with E-state index in [1.54, 1.807) is 0 Å². The van der Waals surface area contributed by atoms with Crippen LogP contribution in [0.25, 0.3) is 0 Å². The van der Waals surface area contributed by atoms with E-state index in [2.05, 4.69) is 5.32 Å². The molecule has 1 amide bonds. The number of nitrogens with zero attached hydrogens (tertiary/aromatic N) is 1. The fourth-order valence-electron chi connectivity index (χ4n) is 3.07. The Labute approximate surface area is 101 Å². The normalized spacial score (nSPS) is 32.6. The second kappa shape index (κ2) is 5.29. The summed E-state index contributed by atoms with van der Waals surface area (Å²) in [5.74, 6) is 0.386. The van der Waals surface area contributed by atoms with Crippen LogP contribution in [0.5, 0.6) is 0 Å². The van der Waals surface area contributed by atoms with E-state index in [4.69, 9.17) is 0 Å². The predicted octanol–water partition coefficient (Wildman–Crippen LogP) is 1.63. The summed E-state index contributed by atoms with van der Waals surface area (Å²) in [6.45, 7) is -0.466. The summed E-state index contributed by atoms with van der Waals surface area (Å²) in [6, 6.07) is 0.185. The molecule has 3 unspecified atom stereocenters. The molecule has 1 saturated heterocycles. The SMILES string of the molecule is CN(CC(F)F)C(=O)C1CC2CCCCC2N1. The van der Waals surface area contributed by atoms with E-state index in [-0.39, 0.29) is 11.9 Å². The third kappa shape index (κ3) is 2.94. The Morgan fingerprint density at radius 2 is 2.12 bits per heavy atom. The zero-order valence-electron chi connectivity index (χ0n) is 10.2. The van der Waals surface area contributed by atoms with Crippen LogP contribution in [-0.2, 0) is 4.79 Å². The molecule has 0 aromatic carbocycles. The molecule has 17 heavy (non-hydrogen) atoms. The van der Waals surface area contributed by atoms with Crippen molar-refractivity contribution in [2.24, 2.45) is 5.92 Å². The summed E-state index contributed by atoms with van der Waals surface area (Å²) in [4.78, 5) is 13.1. The molecule has 5 heteroatoms. The van der Waals surface area contributed by atoms with Gasteiger partial charge in [0, 0.05) is 13.1 Å². The van der Waals surface area contributed by atoms with E-state index in [1.807, 2.05) is 0 Å². The molecule has 2 fully saturated rings. The number of nitrogens with one attached hydrogen (secondary N) is 1. The Morgan fingerprint density at radius 1 is 1.41 bits per heavy atom. The first-order valence-corrected chi connectivity index (χ1v) is 6.37. The van der Waals surface area contributed by atoms with Crippen molar-refractivity contribution < 1.29 is 13.6 Å². The molecule has 0 bridgehead atoms. The number of amides is 1. The minimum absolute atomic E-state index is 0.181. The number of hydrogen-bond acceptors (Lipinski definition) is 2. The van der Waals surface area contributed by atoms with E-state index in [0.717, 1.165) is 17.7 Å². The minimum atomic E-state index is -2.45. The monoisotopic (exact) mass is 246 g/mol. The number of rotatable bonds is 3. The number of hydrogen-bond donors (Lipinski definition) is 1. The van der Waals surface area contributed by atoms with Crippen LogP contribution in [0.3, 0.4) is 0 Å². The first-order valence-electron chi connectivity index (χ1n) is 6.37. The van der Waals surface area contributed by atoms with Gasteiger partial charge >= 0.3 is 0 Å². The van der Waals surface area contributed by atoms with E-state index in [9.17, 15) is 13.6 Å². The van der Waals surface area contributed by atoms with Gasteiger partial charge < -0.3 is 10.2 Å². The average molecular weight is 246 g/mol. The van der Waals surface area contributed by atoms with Crippen molar-refractivity contribution in [3.8, 4) is 0 Å². The third-order valence-electron chi connectivity index (χ3n) is 3.95. The van der Waals surface area contributed by atoms with E-state index in [0.29, 0.717) is 12.0 Å². The van der Waals surface area contributed by atoms with Gasteiger partial charge in [0.1, 0.15) is 0 Å². The molecule has 1 N–H and O–H groups in total. The van der Waals surface area contributed by atoms with Crippen LogP contribution in [-0.4, -0.2) is 42.9 Å². The number of fused-ring (bicyclic) bond motifs is 1. The number of alkyl halides is 2. The van der Waals surface area contributed by atoms with Gasteiger partial charge in [0.05, 0.1) is 12.6 Å². The van der Waals surface area contributed by atoms with Gasteiger partial charge in [0.2, 0.25) is 5.91 Å². The van der Waals surface area contributed by atoms with E-state index in [1.165, 1.54) is 26.3 Å². The predicted molar refractivity (Wildman–Crippen MR) is 60.9 cm³/mol. The Morgan fingerprint density at radius 3 is 2.76 bits per heavy atom. The molecular weight excluding hydrogens is 226 g/mol. The Kier molecular flexibility index (Phi) is 3.97. The van der Waals surface area contributed by atoms with Crippen LogP contribution in [0.4, 0.5) is 8.78 Å². The van der Waals surface area contributed by atoms with Gasteiger partial charge in [-0.2, -0.15) is 0 Å². The molecule has 0 aromatic rings. The second-order valence-electron chi connectivity index (χ2n) is 5.22. The minimum Gasteiger partial charge on any atom is -0.339 e. The molecule has 2 aliphatic rings. The summed E-state index contributed by atoms with van der Waals surface area (Å²) in [5, 5.41) is 3.31. The van der Waals surface area contributed by atoms with Crippen LogP contribution in [0.15, 0.2) is 0 Å². The highest BCUT2D eigenvalue weighted by atomic mass is 19.3. The highest BCUT2D eigenvalue weighted by Crippen LogP contribution is 2.33. The lowest BCUT2D eigenvalue weighted by Crippen LogP contribution is -2.45. The molecule has 2 rings (SSSR count). The summed E-state index contributed by atoms with van der Waals surface area (Å²) in [6.07, 6.45) is 3.09. The Hall–Kier alpha value is -0.710. The highest BCUT2D eigenvalue weighted by molar-refractivity contribution is 5.82. The summed E-state index contributed by atoms with van der Waals surface area (Å²) >= 11 is 0. The molecule has 3 atom stereocenters. The van der Waals surface area contributed by atoms with Gasteiger partial charge in [0.15, 0.2) is 0 Å². The molecular formula is C12H20F2N2O. The van der Waals surface area contributed by atoms with Gasteiger partial charge in [-0.3, -0.25) is 4.79 Å². The van der Waals surface area contributed by atoms with Crippen molar-refractivity contribution in [2.45, 2.75) is 50.6 Å². The molecule has 1 heterocycles. The van der Waals surface area contributed by atoms with Crippen molar-refractivity contribution in [1.29, 1.82) is 0 Å². The molecule has 3 nitrogen and oxygen atoms in total. The lowest BCUT2D eigenvalue weighted by molar-refractivity contribution is -0.133.